The van der Waals surface area contributed by atoms with E-state index in [0.717, 1.165) is 64.4 Å². The van der Waals surface area contributed by atoms with Gasteiger partial charge in [0.05, 0.1) is 10.5 Å². The molecule has 1 aromatic rings. The van der Waals surface area contributed by atoms with Crippen molar-refractivity contribution in [2.45, 2.75) is 56.1 Å². The second kappa shape index (κ2) is 9.25. The smallest absolute Gasteiger partial charge is 0.243 e. The highest BCUT2D eigenvalue weighted by atomic mass is 32.2. The maximum atomic E-state index is 12.9. The highest BCUT2D eigenvalue weighted by Crippen LogP contribution is 2.38. The molecule has 7 heteroatoms. The molecule has 3 aliphatic rings. The van der Waals surface area contributed by atoms with Crippen LogP contribution < -0.4 is 0 Å². The molecule has 1 aromatic carbocycles. The molecule has 1 spiro atoms. The van der Waals surface area contributed by atoms with Crippen LogP contribution in [-0.2, 0) is 14.8 Å². The number of piperidine rings is 1. The Labute approximate surface area is 182 Å². The van der Waals surface area contributed by atoms with Gasteiger partial charge in [0.15, 0.2) is 0 Å². The summed E-state index contributed by atoms with van der Waals surface area (Å²) in [5.41, 5.74) is -0.152. The van der Waals surface area contributed by atoms with Crippen LogP contribution >= 0.6 is 0 Å². The first kappa shape index (κ1) is 22.2. The van der Waals surface area contributed by atoms with Gasteiger partial charge in [-0.2, -0.15) is 4.31 Å². The molecule has 168 valence electrons. The number of benzene rings is 1. The second-order valence-electron chi connectivity index (χ2n) is 9.63. The molecule has 0 unspecified atom stereocenters. The fourth-order valence-electron chi connectivity index (χ4n) is 5.37. The summed E-state index contributed by atoms with van der Waals surface area (Å²) in [7, 11) is -3.41. The molecule has 0 amide bonds. The maximum Gasteiger partial charge on any atom is 0.243 e. The molecule has 3 aliphatic heterocycles. The van der Waals surface area contributed by atoms with Crippen molar-refractivity contribution in [3.05, 3.63) is 30.3 Å². The van der Waals surface area contributed by atoms with Gasteiger partial charge in [-0.15, -0.1) is 0 Å². The third kappa shape index (κ3) is 4.91. The summed E-state index contributed by atoms with van der Waals surface area (Å²) in [5.74, 6) is 0.722. The fourth-order valence-corrected chi connectivity index (χ4v) is 6.83. The van der Waals surface area contributed by atoms with Crippen LogP contribution in [0.5, 0.6) is 0 Å². The van der Waals surface area contributed by atoms with Crippen LogP contribution in [0, 0.1) is 5.92 Å². The summed E-state index contributed by atoms with van der Waals surface area (Å²) < 4.78 is 33.9. The van der Waals surface area contributed by atoms with Gasteiger partial charge >= 0.3 is 0 Å². The lowest BCUT2D eigenvalue weighted by Gasteiger charge is -2.49. The molecule has 0 aliphatic carbocycles. The lowest BCUT2D eigenvalue weighted by Crippen LogP contribution is -2.57. The number of rotatable bonds is 5. The van der Waals surface area contributed by atoms with Gasteiger partial charge in [-0.1, -0.05) is 32.0 Å². The van der Waals surface area contributed by atoms with E-state index in [1.807, 2.05) is 6.07 Å². The van der Waals surface area contributed by atoms with Crippen LogP contribution in [0.2, 0.25) is 0 Å². The zero-order valence-corrected chi connectivity index (χ0v) is 19.3. The van der Waals surface area contributed by atoms with Crippen molar-refractivity contribution in [3.63, 3.8) is 0 Å². The molecule has 3 heterocycles. The minimum absolute atomic E-state index is 0.152. The Kier molecular flexibility index (Phi) is 6.85. The molecule has 0 aromatic heterocycles. The Morgan fingerprint density at radius 1 is 1.03 bits per heavy atom. The zero-order valence-electron chi connectivity index (χ0n) is 18.5. The molecule has 3 saturated heterocycles. The maximum absolute atomic E-state index is 12.9. The summed E-state index contributed by atoms with van der Waals surface area (Å²) in [6.45, 7) is 12.3. The fraction of sp³-hybridized carbons (Fsp3) is 0.739. The van der Waals surface area contributed by atoms with Crippen LogP contribution in [0.25, 0.3) is 0 Å². The van der Waals surface area contributed by atoms with Crippen LogP contribution in [0.1, 0.15) is 39.5 Å². The number of ether oxygens (including phenoxy) is 1. The number of piperazine rings is 1. The molecule has 4 rings (SSSR count). The summed E-state index contributed by atoms with van der Waals surface area (Å²) in [5, 5.41) is 0. The van der Waals surface area contributed by atoms with Crippen LogP contribution in [0.15, 0.2) is 35.2 Å². The second-order valence-corrected chi connectivity index (χ2v) is 11.6. The third-order valence-corrected chi connectivity index (χ3v) is 8.94. The lowest BCUT2D eigenvalue weighted by molar-refractivity contribution is -0.130. The molecule has 0 bridgehead atoms. The highest BCUT2D eigenvalue weighted by molar-refractivity contribution is 7.89. The third-order valence-electron chi connectivity index (χ3n) is 7.03. The standard InChI is InChI=1S/C23H37N3O3S/c1-20(2)19-24-13-15-25(16-14-24)21-8-17-29-23(18-21)9-11-26(12-10-23)30(27,28)22-6-4-3-5-7-22/h3-7,20-21H,8-19H2,1-2H3/t21-/m0/s1. The van der Waals surface area contributed by atoms with Crippen molar-refractivity contribution in [3.8, 4) is 0 Å². The normalized spacial score (nSPS) is 27.0. The summed E-state index contributed by atoms with van der Waals surface area (Å²) >= 11 is 0. The van der Waals surface area contributed by atoms with Gasteiger partial charge in [0.1, 0.15) is 0 Å². The number of hydrogen-bond acceptors (Lipinski definition) is 5. The first-order chi connectivity index (χ1) is 14.4. The quantitative estimate of drug-likeness (QED) is 0.712. The molecular weight excluding hydrogens is 398 g/mol. The molecule has 6 nitrogen and oxygen atoms in total. The minimum atomic E-state index is -3.41. The average molecular weight is 436 g/mol. The Morgan fingerprint density at radius 2 is 1.70 bits per heavy atom. The predicted molar refractivity (Wildman–Crippen MR) is 119 cm³/mol. The van der Waals surface area contributed by atoms with E-state index >= 15 is 0 Å². The Morgan fingerprint density at radius 3 is 2.33 bits per heavy atom. The number of nitrogens with zero attached hydrogens (tertiary/aromatic N) is 3. The van der Waals surface area contributed by atoms with E-state index < -0.39 is 10.0 Å². The van der Waals surface area contributed by atoms with Gasteiger partial charge in [-0.05, 0) is 43.7 Å². The SMILES string of the molecule is CC(C)CN1CCN([C@H]2CCOC3(CCN(S(=O)(=O)c4ccccc4)CC3)C2)CC1. The monoisotopic (exact) mass is 435 g/mol. The van der Waals surface area contributed by atoms with Gasteiger partial charge in [-0.25, -0.2) is 8.42 Å². The van der Waals surface area contributed by atoms with Crippen molar-refractivity contribution in [1.29, 1.82) is 0 Å². The van der Waals surface area contributed by atoms with Crippen LogP contribution in [0.4, 0.5) is 0 Å². The van der Waals surface area contributed by atoms with Gasteiger partial charge < -0.3 is 9.64 Å². The molecule has 0 N–H and O–H groups in total. The van der Waals surface area contributed by atoms with Crippen molar-refractivity contribution in [2.24, 2.45) is 5.92 Å². The summed E-state index contributed by atoms with van der Waals surface area (Å²) in [6.07, 6.45) is 3.72. The molecule has 30 heavy (non-hydrogen) atoms. The largest absolute Gasteiger partial charge is 0.375 e. The number of hydrogen-bond donors (Lipinski definition) is 0. The Hall–Kier alpha value is -0.990. The highest BCUT2D eigenvalue weighted by Gasteiger charge is 2.44. The first-order valence-electron chi connectivity index (χ1n) is 11.5. The van der Waals surface area contributed by atoms with E-state index in [1.165, 1.54) is 6.54 Å². The van der Waals surface area contributed by atoms with Crippen LogP contribution in [0.3, 0.4) is 0 Å². The molecular formula is C23H37N3O3S. The minimum Gasteiger partial charge on any atom is -0.375 e. The number of sulfonamides is 1. The van der Waals surface area contributed by atoms with Crippen molar-refractivity contribution in [2.75, 3.05) is 52.4 Å². The Bertz CT molecular complexity index is 783. The lowest BCUT2D eigenvalue weighted by atomic mass is 9.82. The van der Waals surface area contributed by atoms with E-state index in [4.69, 9.17) is 4.74 Å². The van der Waals surface area contributed by atoms with Gasteiger partial charge in [0.2, 0.25) is 10.0 Å². The van der Waals surface area contributed by atoms with Gasteiger partial charge in [0.25, 0.3) is 0 Å². The summed E-state index contributed by atoms with van der Waals surface area (Å²) in [6, 6.07) is 9.36. The molecule has 0 radical (unpaired) electrons. The van der Waals surface area contributed by atoms with E-state index in [9.17, 15) is 8.42 Å². The van der Waals surface area contributed by atoms with E-state index in [0.29, 0.717) is 24.0 Å². The summed E-state index contributed by atoms with van der Waals surface area (Å²) in [4.78, 5) is 5.64. The van der Waals surface area contributed by atoms with E-state index in [-0.39, 0.29) is 5.60 Å². The first-order valence-corrected chi connectivity index (χ1v) is 13.0. The molecule has 0 saturated carbocycles. The van der Waals surface area contributed by atoms with Gasteiger partial charge in [-0.3, -0.25) is 4.90 Å². The predicted octanol–water partition coefficient (Wildman–Crippen LogP) is 2.66. The molecule has 1 atom stereocenters. The Balaban J connectivity index is 1.33. The molecule has 3 fully saturated rings. The average Bonchev–Trinajstić information content (AvgIpc) is 2.75. The topological polar surface area (TPSA) is 53.1 Å². The zero-order chi connectivity index (χ0) is 21.2. The van der Waals surface area contributed by atoms with Crippen LogP contribution in [-0.4, -0.2) is 86.6 Å². The van der Waals surface area contributed by atoms with Crippen molar-refractivity contribution < 1.29 is 13.2 Å². The van der Waals surface area contributed by atoms with Crippen molar-refractivity contribution >= 4 is 10.0 Å². The van der Waals surface area contributed by atoms with E-state index in [2.05, 4.69) is 23.6 Å². The van der Waals surface area contributed by atoms with E-state index in [1.54, 1.807) is 28.6 Å². The van der Waals surface area contributed by atoms with Crippen molar-refractivity contribution in [1.82, 2.24) is 14.1 Å². The van der Waals surface area contributed by atoms with Gasteiger partial charge in [0, 0.05) is 58.5 Å².